The van der Waals surface area contributed by atoms with Gasteiger partial charge in [0.15, 0.2) is 11.6 Å². The summed E-state index contributed by atoms with van der Waals surface area (Å²) in [5.41, 5.74) is 4.88. The number of furan rings is 1. The molecule has 0 bridgehead atoms. The number of thiophene rings is 1. The minimum absolute atomic E-state index is 0.114. The number of aryl methyl sites for hydroxylation is 3. The van der Waals surface area contributed by atoms with E-state index in [-0.39, 0.29) is 5.91 Å². The Morgan fingerprint density at radius 2 is 1.94 bits per heavy atom. The smallest absolute Gasteiger partial charge is 0.266 e. The van der Waals surface area contributed by atoms with Gasteiger partial charge in [-0.05, 0) is 75.1 Å². The maximum Gasteiger partial charge on any atom is 0.266 e. The van der Waals surface area contributed by atoms with Crippen LogP contribution in [-0.4, -0.2) is 29.0 Å². The molecular formula is C24H24N4O2S. The Balaban J connectivity index is 1.44. The quantitative estimate of drug-likeness (QED) is 0.446. The van der Waals surface area contributed by atoms with Gasteiger partial charge in [-0.1, -0.05) is 0 Å². The lowest BCUT2D eigenvalue weighted by molar-refractivity contribution is 0.103. The Kier molecular flexibility index (Phi) is 4.98. The summed E-state index contributed by atoms with van der Waals surface area (Å²) in [5.74, 6) is 1.05. The number of hydrogen-bond acceptors (Lipinski definition) is 6. The van der Waals surface area contributed by atoms with Gasteiger partial charge in [-0.15, -0.1) is 11.3 Å². The Morgan fingerprint density at radius 1 is 1.13 bits per heavy atom. The normalized spacial score (nSPS) is 13.8. The minimum atomic E-state index is -0.114. The number of fused-ring (bicyclic) bond motifs is 1. The number of hydrogen-bond donors (Lipinski definition) is 1. The van der Waals surface area contributed by atoms with E-state index in [0.717, 1.165) is 45.8 Å². The van der Waals surface area contributed by atoms with E-state index in [1.54, 1.807) is 6.26 Å². The third-order valence-corrected chi connectivity index (χ3v) is 7.03. The molecule has 6 nitrogen and oxygen atoms in total. The summed E-state index contributed by atoms with van der Waals surface area (Å²) >= 11 is 1.39. The van der Waals surface area contributed by atoms with Crippen molar-refractivity contribution in [2.45, 2.75) is 33.6 Å². The molecule has 31 heavy (non-hydrogen) atoms. The summed E-state index contributed by atoms with van der Waals surface area (Å²) in [7, 11) is 0. The first-order valence-electron chi connectivity index (χ1n) is 10.5. The van der Waals surface area contributed by atoms with Crippen LogP contribution in [0.15, 0.2) is 41.0 Å². The molecule has 0 aliphatic carbocycles. The van der Waals surface area contributed by atoms with Gasteiger partial charge in [-0.25, -0.2) is 9.97 Å². The molecule has 1 aliphatic heterocycles. The molecule has 1 N–H and O–H groups in total. The molecule has 0 radical (unpaired) electrons. The first-order valence-corrected chi connectivity index (χ1v) is 11.3. The summed E-state index contributed by atoms with van der Waals surface area (Å²) in [6.07, 6.45) is 4.09. The van der Waals surface area contributed by atoms with Crippen LogP contribution < -0.4 is 10.2 Å². The molecule has 1 amide bonds. The van der Waals surface area contributed by atoms with Crippen molar-refractivity contribution in [3.63, 3.8) is 0 Å². The molecule has 4 heterocycles. The molecule has 1 saturated heterocycles. The van der Waals surface area contributed by atoms with Crippen LogP contribution in [-0.2, 0) is 0 Å². The van der Waals surface area contributed by atoms with E-state index in [9.17, 15) is 4.79 Å². The largest absolute Gasteiger partial charge is 0.461 e. The number of amides is 1. The van der Waals surface area contributed by atoms with Crippen LogP contribution in [0, 0.1) is 20.8 Å². The molecule has 3 aromatic heterocycles. The van der Waals surface area contributed by atoms with Crippen LogP contribution in [0.3, 0.4) is 0 Å². The van der Waals surface area contributed by atoms with E-state index in [2.05, 4.69) is 32.3 Å². The fraction of sp³-hybridized carbons (Fsp3) is 0.292. The standard InChI is InChI=1S/C24H24N4O2S/c1-14-13-17(28-10-4-5-11-28)8-9-18(14)26-23(29)21-15(2)20-16(3)25-22(27-24(20)31-21)19-7-6-12-30-19/h6-9,12-13H,4-5,10-11H2,1-3H3,(H,26,29). The van der Waals surface area contributed by atoms with Gasteiger partial charge in [-0.3, -0.25) is 4.79 Å². The number of aromatic nitrogens is 2. The highest BCUT2D eigenvalue weighted by atomic mass is 32.1. The van der Waals surface area contributed by atoms with E-state index in [1.165, 1.54) is 29.9 Å². The molecule has 0 saturated carbocycles. The molecule has 5 rings (SSSR count). The van der Waals surface area contributed by atoms with Crippen molar-refractivity contribution < 1.29 is 9.21 Å². The van der Waals surface area contributed by atoms with Crippen LogP contribution in [0.25, 0.3) is 21.8 Å². The molecule has 7 heteroatoms. The predicted molar refractivity (Wildman–Crippen MR) is 125 cm³/mol. The first-order chi connectivity index (χ1) is 15.0. The molecule has 158 valence electrons. The van der Waals surface area contributed by atoms with E-state index in [0.29, 0.717) is 16.5 Å². The Labute approximate surface area is 184 Å². The summed E-state index contributed by atoms with van der Waals surface area (Å²) in [4.78, 5) is 26.2. The second kappa shape index (κ2) is 7.81. The lowest BCUT2D eigenvalue weighted by Gasteiger charge is -2.19. The Morgan fingerprint density at radius 3 is 2.65 bits per heavy atom. The van der Waals surface area contributed by atoms with Gasteiger partial charge in [0, 0.05) is 29.9 Å². The lowest BCUT2D eigenvalue weighted by Crippen LogP contribution is -2.18. The molecule has 4 aromatic rings. The summed E-state index contributed by atoms with van der Waals surface area (Å²) in [5, 5.41) is 4.03. The fourth-order valence-electron chi connectivity index (χ4n) is 4.21. The lowest BCUT2D eigenvalue weighted by atomic mass is 10.1. The minimum Gasteiger partial charge on any atom is -0.461 e. The van der Waals surface area contributed by atoms with Crippen LogP contribution >= 0.6 is 11.3 Å². The highest BCUT2D eigenvalue weighted by Crippen LogP contribution is 2.34. The van der Waals surface area contributed by atoms with Crippen LogP contribution in [0.4, 0.5) is 11.4 Å². The average Bonchev–Trinajstić information content (AvgIpc) is 3.51. The predicted octanol–water partition coefficient (Wildman–Crippen LogP) is 5.73. The molecule has 1 aliphatic rings. The third kappa shape index (κ3) is 3.59. The molecular weight excluding hydrogens is 408 g/mol. The van der Waals surface area contributed by atoms with Gasteiger partial charge in [0.25, 0.3) is 5.91 Å². The van der Waals surface area contributed by atoms with E-state index in [4.69, 9.17) is 4.42 Å². The fourth-order valence-corrected chi connectivity index (χ4v) is 5.34. The maximum absolute atomic E-state index is 13.1. The number of nitrogens with zero attached hydrogens (tertiary/aromatic N) is 3. The maximum atomic E-state index is 13.1. The number of rotatable bonds is 4. The molecule has 0 atom stereocenters. The van der Waals surface area contributed by atoms with Crippen molar-refractivity contribution in [3.05, 3.63) is 58.3 Å². The summed E-state index contributed by atoms with van der Waals surface area (Å²) in [6.45, 7) is 8.15. The topological polar surface area (TPSA) is 71.3 Å². The SMILES string of the molecule is Cc1cc(N2CCCC2)ccc1NC(=O)c1sc2nc(-c3ccco3)nc(C)c2c1C. The number of benzene rings is 1. The Hall–Kier alpha value is -3.19. The number of carbonyl (C=O) groups is 1. The highest BCUT2D eigenvalue weighted by molar-refractivity contribution is 7.20. The van der Waals surface area contributed by atoms with E-state index >= 15 is 0 Å². The van der Waals surface area contributed by atoms with Crippen molar-refractivity contribution in [2.75, 3.05) is 23.3 Å². The molecule has 0 unspecified atom stereocenters. The van der Waals surface area contributed by atoms with Crippen molar-refractivity contribution in [1.82, 2.24) is 9.97 Å². The van der Waals surface area contributed by atoms with E-state index in [1.807, 2.05) is 39.0 Å². The van der Waals surface area contributed by atoms with Crippen molar-refractivity contribution in [3.8, 4) is 11.6 Å². The zero-order valence-electron chi connectivity index (χ0n) is 17.9. The molecule has 1 fully saturated rings. The first kappa shape index (κ1) is 19.8. The number of anilines is 2. The van der Waals surface area contributed by atoms with Crippen molar-refractivity contribution in [1.29, 1.82) is 0 Å². The summed E-state index contributed by atoms with van der Waals surface area (Å²) in [6, 6.07) is 9.90. The molecule has 0 spiro atoms. The third-order valence-electron chi connectivity index (χ3n) is 5.85. The van der Waals surface area contributed by atoms with Gasteiger partial charge in [0.05, 0.1) is 16.8 Å². The average molecular weight is 433 g/mol. The van der Waals surface area contributed by atoms with E-state index < -0.39 is 0 Å². The Bertz CT molecular complexity index is 1270. The van der Waals surface area contributed by atoms with Crippen molar-refractivity contribution >= 4 is 38.8 Å². The van der Waals surface area contributed by atoms with Crippen LogP contribution in [0.1, 0.15) is 39.3 Å². The molecule has 1 aromatic carbocycles. The van der Waals surface area contributed by atoms with Gasteiger partial charge >= 0.3 is 0 Å². The van der Waals surface area contributed by atoms with Gasteiger partial charge in [0.1, 0.15) is 4.83 Å². The van der Waals surface area contributed by atoms with Crippen LogP contribution in [0.5, 0.6) is 0 Å². The summed E-state index contributed by atoms with van der Waals surface area (Å²) < 4.78 is 5.44. The number of nitrogens with one attached hydrogen (secondary N) is 1. The second-order valence-electron chi connectivity index (χ2n) is 7.99. The van der Waals surface area contributed by atoms with Crippen molar-refractivity contribution in [2.24, 2.45) is 0 Å². The highest BCUT2D eigenvalue weighted by Gasteiger charge is 2.21. The van der Waals surface area contributed by atoms with Crippen LogP contribution in [0.2, 0.25) is 0 Å². The zero-order chi connectivity index (χ0) is 21.5. The van der Waals surface area contributed by atoms with Gasteiger partial charge < -0.3 is 14.6 Å². The zero-order valence-corrected chi connectivity index (χ0v) is 18.7. The second-order valence-corrected chi connectivity index (χ2v) is 8.99. The monoisotopic (exact) mass is 432 g/mol. The van der Waals surface area contributed by atoms with Gasteiger partial charge in [-0.2, -0.15) is 0 Å². The van der Waals surface area contributed by atoms with Gasteiger partial charge in [0.2, 0.25) is 0 Å². The number of carbonyl (C=O) groups excluding carboxylic acids is 1.